The van der Waals surface area contributed by atoms with E-state index in [4.69, 9.17) is 5.73 Å². The number of benzene rings is 1. The number of nitrogens with one attached hydrogen (secondary N) is 1. The summed E-state index contributed by atoms with van der Waals surface area (Å²) in [6.07, 6.45) is 0. The molecule has 1 aromatic carbocycles. The highest BCUT2D eigenvalue weighted by molar-refractivity contribution is 9.10. The number of halogens is 4. The summed E-state index contributed by atoms with van der Waals surface area (Å²) in [6.45, 7) is 1.62. The summed E-state index contributed by atoms with van der Waals surface area (Å²) < 4.78 is 36.3. The van der Waals surface area contributed by atoms with E-state index in [2.05, 4.69) is 21.2 Å². The van der Waals surface area contributed by atoms with E-state index in [-0.39, 0.29) is 24.1 Å². The second-order valence-corrected chi connectivity index (χ2v) is 5.79. The second-order valence-electron chi connectivity index (χ2n) is 3.72. The van der Waals surface area contributed by atoms with Gasteiger partial charge in [-0.15, -0.1) is 0 Å². The standard InChI is InChI=1S/C11H12BrF3N2OS/c1-6-8(4-7(12)5-9(6)16)10(18)17-2-3-19-11(13,14)15/h4-5H,2-3,16H2,1H3,(H,17,18). The molecule has 106 valence electrons. The lowest BCUT2D eigenvalue weighted by Crippen LogP contribution is -2.27. The Hall–Kier alpha value is -0.890. The number of nitrogen functional groups attached to an aromatic ring is 1. The van der Waals surface area contributed by atoms with E-state index in [1.165, 1.54) is 0 Å². The van der Waals surface area contributed by atoms with Gasteiger partial charge in [0.05, 0.1) is 0 Å². The van der Waals surface area contributed by atoms with E-state index in [1.54, 1.807) is 19.1 Å². The predicted molar refractivity (Wildman–Crippen MR) is 74.1 cm³/mol. The summed E-state index contributed by atoms with van der Waals surface area (Å²) in [4.78, 5) is 11.8. The van der Waals surface area contributed by atoms with Gasteiger partial charge >= 0.3 is 5.51 Å². The highest BCUT2D eigenvalue weighted by Crippen LogP contribution is 2.29. The fourth-order valence-corrected chi connectivity index (χ4v) is 2.27. The Kier molecular flexibility index (Phi) is 5.54. The Morgan fingerprint density at radius 2 is 2.11 bits per heavy atom. The SMILES string of the molecule is Cc1c(N)cc(Br)cc1C(=O)NCCSC(F)(F)F. The number of alkyl halides is 3. The summed E-state index contributed by atoms with van der Waals surface area (Å²) in [5, 5.41) is 2.43. The number of amides is 1. The van der Waals surface area contributed by atoms with Crippen LogP contribution in [-0.2, 0) is 0 Å². The number of carbonyl (C=O) groups is 1. The van der Waals surface area contributed by atoms with Crippen LogP contribution in [-0.4, -0.2) is 23.7 Å². The maximum absolute atomic E-state index is 11.9. The van der Waals surface area contributed by atoms with Crippen LogP contribution in [0.4, 0.5) is 18.9 Å². The Bertz CT molecular complexity index is 480. The molecule has 0 aliphatic heterocycles. The molecule has 0 fully saturated rings. The van der Waals surface area contributed by atoms with Gasteiger partial charge in [0.1, 0.15) is 0 Å². The van der Waals surface area contributed by atoms with Gasteiger partial charge in [-0.3, -0.25) is 4.79 Å². The molecule has 0 aromatic heterocycles. The smallest absolute Gasteiger partial charge is 0.398 e. The lowest BCUT2D eigenvalue weighted by molar-refractivity contribution is -0.0327. The average Bonchev–Trinajstić information content (AvgIpc) is 2.27. The number of hydrogen-bond acceptors (Lipinski definition) is 3. The first kappa shape index (κ1) is 16.2. The average molecular weight is 357 g/mol. The van der Waals surface area contributed by atoms with Crippen LogP contribution in [0.25, 0.3) is 0 Å². The number of anilines is 1. The van der Waals surface area contributed by atoms with Crippen molar-refractivity contribution < 1.29 is 18.0 Å². The molecule has 0 saturated heterocycles. The third-order valence-electron chi connectivity index (χ3n) is 2.31. The summed E-state index contributed by atoms with van der Waals surface area (Å²) in [6, 6.07) is 3.24. The third kappa shape index (κ3) is 5.32. The van der Waals surface area contributed by atoms with Gasteiger partial charge in [0, 0.05) is 28.0 Å². The normalized spacial score (nSPS) is 11.4. The highest BCUT2D eigenvalue weighted by Gasteiger charge is 2.27. The van der Waals surface area contributed by atoms with E-state index in [0.29, 0.717) is 21.3 Å². The number of thioether (sulfide) groups is 1. The minimum Gasteiger partial charge on any atom is -0.398 e. The van der Waals surface area contributed by atoms with Crippen LogP contribution in [0.5, 0.6) is 0 Å². The molecule has 8 heteroatoms. The van der Waals surface area contributed by atoms with Crippen LogP contribution < -0.4 is 11.1 Å². The lowest BCUT2D eigenvalue weighted by Gasteiger charge is -2.11. The highest BCUT2D eigenvalue weighted by atomic mass is 79.9. The molecule has 3 N–H and O–H groups in total. The first-order valence-electron chi connectivity index (χ1n) is 5.25. The van der Waals surface area contributed by atoms with Crippen LogP contribution in [0.1, 0.15) is 15.9 Å². The Balaban J connectivity index is 2.60. The van der Waals surface area contributed by atoms with Crippen LogP contribution in [0, 0.1) is 6.92 Å². The van der Waals surface area contributed by atoms with Crippen molar-refractivity contribution in [3.05, 3.63) is 27.7 Å². The summed E-state index contributed by atoms with van der Waals surface area (Å²) in [5.74, 6) is -0.661. The Morgan fingerprint density at radius 1 is 1.47 bits per heavy atom. The number of hydrogen-bond donors (Lipinski definition) is 2. The van der Waals surface area contributed by atoms with Crippen LogP contribution in [0.3, 0.4) is 0 Å². The molecule has 0 heterocycles. The zero-order valence-corrected chi connectivity index (χ0v) is 12.4. The van der Waals surface area contributed by atoms with Crippen molar-refractivity contribution >= 4 is 39.3 Å². The van der Waals surface area contributed by atoms with Crippen molar-refractivity contribution in [1.82, 2.24) is 5.32 Å². The third-order valence-corrected chi connectivity index (χ3v) is 3.50. The zero-order chi connectivity index (χ0) is 14.6. The molecule has 1 amide bonds. The van der Waals surface area contributed by atoms with Gasteiger partial charge in [-0.05, 0) is 36.4 Å². The van der Waals surface area contributed by atoms with E-state index in [9.17, 15) is 18.0 Å². The van der Waals surface area contributed by atoms with E-state index in [0.717, 1.165) is 0 Å². The lowest BCUT2D eigenvalue weighted by atomic mass is 10.1. The van der Waals surface area contributed by atoms with Gasteiger partial charge < -0.3 is 11.1 Å². The number of rotatable bonds is 4. The minimum atomic E-state index is -4.28. The van der Waals surface area contributed by atoms with Crippen molar-refractivity contribution in [2.24, 2.45) is 0 Å². The molecule has 1 rings (SSSR count). The fraction of sp³-hybridized carbons (Fsp3) is 0.364. The van der Waals surface area contributed by atoms with Gasteiger partial charge in [-0.1, -0.05) is 15.9 Å². The van der Waals surface area contributed by atoms with Crippen LogP contribution >= 0.6 is 27.7 Å². The van der Waals surface area contributed by atoms with Gasteiger partial charge in [0.15, 0.2) is 0 Å². The fourth-order valence-electron chi connectivity index (χ4n) is 1.36. The van der Waals surface area contributed by atoms with Crippen molar-refractivity contribution in [1.29, 1.82) is 0 Å². The maximum atomic E-state index is 11.9. The summed E-state index contributed by atoms with van der Waals surface area (Å²) in [7, 11) is 0. The maximum Gasteiger partial charge on any atom is 0.441 e. The van der Waals surface area contributed by atoms with Crippen LogP contribution in [0.2, 0.25) is 0 Å². The molecular formula is C11H12BrF3N2OS. The molecule has 0 spiro atoms. The van der Waals surface area contributed by atoms with E-state index >= 15 is 0 Å². The molecule has 0 aliphatic carbocycles. The van der Waals surface area contributed by atoms with Crippen molar-refractivity contribution in [3.8, 4) is 0 Å². The molecule has 0 unspecified atom stereocenters. The molecule has 0 bridgehead atoms. The molecule has 3 nitrogen and oxygen atoms in total. The Labute approximate surface area is 121 Å². The van der Waals surface area contributed by atoms with Gasteiger partial charge in [-0.2, -0.15) is 13.2 Å². The second kappa shape index (κ2) is 6.51. The van der Waals surface area contributed by atoms with Crippen molar-refractivity contribution in [2.45, 2.75) is 12.4 Å². The Morgan fingerprint density at radius 3 is 2.68 bits per heavy atom. The van der Waals surface area contributed by atoms with Gasteiger partial charge in [0.2, 0.25) is 0 Å². The quantitative estimate of drug-likeness (QED) is 0.642. The number of nitrogens with two attached hydrogens (primary N) is 1. The molecule has 0 aliphatic rings. The first-order valence-corrected chi connectivity index (χ1v) is 7.03. The summed E-state index contributed by atoms with van der Waals surface area (Å²) in [5.41, 5.74) is 2.83. The van der Waals surface area contributed by atoms with E-state index in [1.807, 2.05) is 0 Å². The topological polar surface area (TPSA) is 55.1 Å². The van der Waals surface area contributed by atoms with E-state index < -0.39 is 11.4 Å². The molecule has 1 aromatic rings. The molecule has 0 radical (unpaired) electrons. The van der Waals surface area contributed by atoms with Crippen molar-refractivity contribution in [2.75, 3.05) is 18.0 Å². The molecule has 0 atom stereocenters. The molecule has 0 saturated carbocycles. The predicted octanol–water partition coefficient (Wildman–Crippen LogP) is 3.32. The minimum absolute atomic E-state index is 0.0606. The monoisotopic (exact) mass is 356 g/mol. The van der Waals surface area contributed by atoms with Gasteiger partial charge in [0.25, 0.3) is 5.91 Å². The van der Waals surface area contributed by atoms with Crippen molar-refractivity contribution in [3.63, 3.8) is 0 Å². The first-order chi connectivity index (χ1) is 8.70. The molecule has 19 heavy (non-hydrogen) atoms. The van der Waals surface area contributed by atoms with Gasteiger partial charge in [-0.25, -0.2) is 0 Å². The largest absolute Gasteiger partial charge is 0.441 e. The number of carbonyl (C=O) groups excluding carboxylic acids is 1. The molecular weight excluding hydrogens is 345 g/mol. The summed E-state index contributed by atoms with van der Waals surface area (Å²) >= 11 is 3.04. The van der Waals surface area contributed by atoms with Crippen LogP contribution in [0.15, 0.2) is 16.6 Å². The zero-order valence-electron chi connectivity index (χ0n) is 9.97.